The topological polar surface area (TPSA) is 35.5 Å². The Hall–Kier alpha value is -1.06. The van der Waals surface area contributed by atoms with Crippen molar-refractivity contribution in [2.45, 2.75) is 19.8 Å². The smallest absolute Gasteiger partial charge is 0.119 e. The van der Waals surface area contributed by atoms with E-state index in [-0.39, 0.29) is 0 Å². The summed E-state index contributed by atoms with van der Waals surface area (Å²) in [6.07, 6.45) is 2.10. The van der Waals surface area contributed by atoms with Gasteiger partial charge in [-0.15, -0.1) is 0 Å². The monoisotopic (exact) mass is 234 g/mol. The highest BCUT2D eigenvalue weighted by molar-refractivity contribution is 5.38. The van der Waals surface area contributed by atoms with Crippen LogP contribution >= 0.6 is 0 Å². The summed E-state index contributed by atoms with van der Waals surface area (Å²) in [6, 6.07) is 5.76. The van der Waals surface area contributed by atoms with Gasteiger partial charge in [-0.05, 0) is 43.5 Å². The van der Waals surface area contributed by atoms with Crippen LogP contribution in [0, 0.1) is 6.92 Å². The fourth-order valence-corrected chi connectivity index (χ4v) is 2.43. The standard InChI is InChI=1S/C14H22N2O/c1-12-4-2-6-14(17)13(12)5-3-9-16-10-7-15-8-11-16/h2,4,6,15,17H,3,5,7-11H2,1H3. The van der Waals surface area contributed by atoms with Crippen LogP contribution < -0.4 is 5.32 Å². The molecular formula is C14H22N2O. The molecule has 17 heavy (non-hydrogen) atoms. The minimum atomic E-state index is 0.449. The Balaban J connectivity index is 1.81. The summed E-state index contributed by atoms with van der Waals surface area (Å²) in [4.78, 5) is 2.49. The lowest BCUT2D eigenvalue weighted by Crippen LogP contribution is -2.43. The molecule has 0 bridgehead atoms. The number of aromatic hydroxyl groups is 1. The van der Waals surface area contributed by atoms with Crippen LogP contribution in [-0.2, 0) is 6.42 Å². The first kappa shape index (κ1) is 12.4. The molecule has 0 atom stereocenters. The lowest BCUT2D eigenvalue weighted by molar-refractivity contribution is 0.238. The predicted octanol–water partition coefficient (Wildman–Crippen LogP) is 1.54. The van der Waals surface area contributed by atoms with Crippen LogP contribution in [0.15, 0.2) is 18.2 Å². The van der Waals surface area contributed by atoms with Crippen molar-refractivity contribution in [1.29, 1.82) is 0 Å². The van der Waals surface area contributed by atoms with E-state index in [0.29, 0.717) is 5.75 Å². The second-order valence-electron chi connectivity index (χ2n) is 4.77. The molecular weight excluding hydrogens is 212 g/mol. The maximum absolute atomic E-state index is 9.80. The number of piperazine rings is 1. The van der Waals surface area contributed by atoms with E-state index < -0.39 is 0 Å². The molecule has 1 saturated heterocycles. The van der Waals surface area contributed by atoms with Gasteiger partial charge in [0.25, 0.3) is 0 Å². The van der Waals surface area contributed by atoms with Crippen molar-refractivity contribution in [3.8, 4) is 5.75 Å². The van der Waals surface area contributed by atoms with Crippen molar-refractivity contribution < 1.29 is 5.11 Å². The molecule has 0 amide bonds. The van der Waals surface area contributed by atoms with E-state index in [4.69, 9.17) is 0 Å². The van der Waals surface area contributed by atoms with E-state index >= 15 is 0 Å². The van der Waals surface area contributed by atoms with Crippen molar-refractivity contribution in [3.63, 3.8) is 0 Å². The third kappa shape index (κ3) is 3.45. The van der Waals surface area contributed by atoms with E-state index in [1.807, 2.05) is 6.07 Å². The van der Waals surface area contributed by atoms with Gasteiger partial charge in [0.1, 0.15) is 5.75 Å². The molecule has 1 heterocycles. The normalized spacial score (nSPS) is 17.2. The van der Waals surface area contributed by atoms with Crippen molar-refractivity contribution in [2.24, 2.45) is 0 Å². The number of hydrogen-bond donors (Lipinski definition) is 2. The number of nitrogens with zero attached hydrogens (tertiary/aromatic N) is 1. The maximum atomic E-state index is 9.80. The maximum Gasteiger partial charge on any atom is 0.119 e. The molecule has 3 heteroatoms. The summed E-state index contributed by atoms with van der Waals surface area (Å²) in [7, 11) is 0. The summed E-state index contributed by atoms with van der Waals surface area (Å²) in [5.74, 6) is 0.449. The van der Waals surface area contributed by atoms with Gasteiger partial charge in [-0.25, -0.2) is 0 Å². The number of phenols is 1. The SMILES string of the molecule is Cc1cccc(O)c1CCCN1CCNCC1. The lowest BCUT2D eigenvalue weighted by atomic mass is 10.0. The van der Waals surface area contributed by atoms with Gasteiger partial charge >= 0.3 is 0 Å². The van der Waals surface area contributed by atoms with Crippen LogP contribution in [-0.4, -0.2) is 42.7 Å². The number of phenolic OH excluding ortho intramolecular Hbond substituents is 1. The number of hydrogen-bond acceptors (Lipinski definition) is 3. The van der Waals surface area contributed by atoms with Gasteiger partial charge in [-0.3, -0.25) is 0 Å². The molecule has 0 unspecified atom stereocenters. The highest BCUT2D eigenvalue weighted by Gasteiger charge is 2.10. The van der Waals surface area contributed by atoms with Crippen LogP contribution in [0.5, 0.6) is 5.75 Å². The fraction of sp³-hybridized carbons (Fsp3) is 0.571. The third-order valence-electron chi connectivity index (χ3n) is 3.50. The largest absolute Gasteiger partial charge is 0.508 e. The number of aryl methyl sites for hydroxylation is 1. The van der Waals surface area contributed by atoms with E-state index in [2.05, 4.69) is 23.2 Å². The summed E-state index contributed by atoms with van der Waals surface area (Å²) >= 11 is 0. The molecule has 0 spiro atoms. The van der Waals surface area contributed by atoms with Crippen molar-refractivity contribution in [1.82, 2.24) is 10.2 Å². The molecule has 1 aliphatic rings. The Morgan fingerprint density at radius 3 is 2.76 bits per heavy atom. The zero-order valence-electron chi connectivity index (χ0n) is 10.6. The molecule has 0 aromatic heterocycles. The van der Waals surface area contributed by atoms with Gasteiger partial charge in [-0.1, -0.05) is 12.1 Å². The summed E-state index contributed by atoms with van der Waals surface area (Å²) in [6.45, 7) is 7.72. The Kier molecular flexibility index (Phi) is 4.40. The molecule has 2 N–H and O–H groups in total. The van der Waals surface area contributed by atoms with Crippen LogP contribution in [0.4, 0.5) is 0 Å². The Labute approximate surface area is 103 Å². The van der Waals surface area contributed by atoms with E-state index in [9.17, 15) is 5.11 Å². The van der Waals surface area contributed by atoms with Crippen molar-refractivity contribution in [2.75, 3.05) is 32.7 Å². The minimum Gasteiger partial charge on any atom is -0.508 e. The Bertz CT molecular complexity index is 339. The molecule has 0 saturated carbocycles. The first-order valence-corrected chi connectivity index (χ1v) is 6.48. The number of benzene rings is 1. The minimum absolute atomic E-state index is 0.449. The molecule has 1 aromatic rings. The average Bonchev–Trinajstić information content (AvgIpc) is 2.34. The van der Waals surface area contributed by atoms with Crippen LogP contribution in [0.2, 0.25) is 0 Å². The molecule has 0 aliphatic carbocycles. The van der Waals surface area contributed by atoms with Gasteiger partial charge in [-0.2, -0.15) is 0 Å². The molecule has 94 valence electrons. The first-order chi connectivity index (χ1) is 8.27. The van der Waals surface area contributed by atoms with Gasteiger partial charge in [0.2, 0.25) is 0 Å². The predicted molar refractivity (Wildman–Crippen MR) is 70.5 cm³/mol. The molecule has 3 nitrogen and oxygen atoms in total. The molecule has 0 radical (unpaired) electrons. The number of nitrogens with one attached hydrogen (secondary N) is 1. The van der Waals surface area contributed by atoms with Gasteiger partial charge < -0.3 is 15.3 Å². The Morgan fingerprint density at radius 1 is 1.29 bits per heavy atom. The van der Waals surface area contributed by atoms with E-state index in [1.54, 1.807) is 6.07 Å². The van der Waals surface area contributed by atoms with E-state index in [1.165, 1.54) is 5.56 Å². The fourth-order valence-electron chi connectivity index (χ4n) is 2.43. The second kappa shape index (κ2) is 6.03. The van der Waals surface area contributed by atoms with Crippen molar-refractivity contribution in [3.05, 3.63) is 29.3 Å². The average molecular weight is 234 g/mol. The summed E-state index contributed by atoms with van der Waals surface area (Å²) < 4.78 is 0. The van der Waals surface area contributed by atoms with Gasteiger partial charge in [0, 0.05) is 26.2 Å². The van der Waals surface area contributed by atoms with Gasteiger partial charge in [0.05, 0.1) is 0 Å². The highest BCUT2D eigenvalue weighted by atomic mass is 16.3. The van der Waals surface area contributed by atoms with Crippen LogP contribution in [0.3, 0.4) is 0 Å². The number of rotatable bonds is 4. The van der Waals surface area contributed by atoms with Crippen molar-refractivity contribution >= 4 is 0 Å². The zero-order valence-corrected chi connectivity index (χ0v) is 10.6. The quantitative estimate of drug-likeness (QED) is 0.829. The van der Waals surface area contributed by atoms with Gasteiger partial charge in [0.15, 0.2) is 0 Å². The molecule has 1 fully saturated rings. The first-order valence-electron chi connectivity index (χ1n) is 6.48. The van der Waals surface area contributed by atoms with E-state index in [0.717, 1.165) is 51.1 Å². The highest BCUT2D eigenvalue weighted by Crippen LogP contribution is 2.21. The lowest BCUT2D eigenvalue weighted by Gasteiger charge is -2.27. The zero-order chi connectivity index (χ0) is 12.1. The van der Waals surface area contributed by atoms with Crippen LogP contribution in [0.1, 0.15) is 17.5 Å². The molecule has 1 aliphatic heterocycles. The summed E-state index contributed by atoms with van der Waals surface area (Å²) in [5.41, 5.74) is 2.31. The third-order valence-corrected chi connectivity index (χ3v) is 3.50. The van der Waals surface area contributed by atoms with Crippen LogP contribution in [0.25, 0.3) is 0 Å². The molecule has 2 rings (SSSR count). The summed E-state index contributed by atoms with van der Waals surface area (Å²) in [5, 5.41) is 13.2. The second-order valence-corrected chi connectivity index (χ2v) is 4.77. The Morgan fingerprint density at radius 2 is 2.06 bits per heavy atom. The molecule has 1 aromatic carbocycles.